The lowest BCUT2D eigenvalue weighted by molar-refractivity contribution is -0.138. The van der Waals surface area contributed by atoms with Crippen molar-refractivity contribution in [3.8, 4) is 11.1 Å². The van der Waals surface area contributed by atoms with Crippen LogP contribution in [0.2, 0.25) is 0 Å². The minimum Gasteiger partial charge on any atom is -0.361 e. The number of hydrogen-bond donors (Lipinski definition) is 0. The minimum atomic E-state index is -4.49. The van der Waals surface area contributed by atoms with Crippen molar-refractivity contribution >= 4 is 0 Å². The van der Waals surface area contributed by atoms with Crippen molar-refractivity contribution in [1.82, 2.24) is 9.72 Å². The van der Waals surface area contributed by atoms with Crippen LogP contribution in [0.15, 0.2) is 51.9 Å². The van der Waals surface area contributed by atoms with Crippen molar-refractivity contribution < 1.29 is 17.7 Å². The number of aromatic nitrogens is 2. The van der Waals surface area contributed by atoms with Gasteiger partial charge in [-0.2, -0.15) is 13.2 Å². The summed E-state index contributed by atoms with van der Waals surface area (Å²) in [5, 5.41) is 3.88. The Hall–Kier alpha value is -2.83. The second kappa shape index (κ2) is 6.48. The van der Waals surface area contributed by atoms with Gasteiger partial charge in [0.1, 0.15) is 5.76 Å². The average Bonchev–Trinajstić information content (AvgIpc) is 2.93. The fraction of sp³-hybridized carbons (Fsp3) is 0.263. The highest BCUT2D eigenvalue weighted by molar-refractivity contribution is 5.66. The number of aryl methyl sites for hydroxylation is 2. The molecular formula is C19H17F3N2O2. The maximum atomic E-state index is 13.3. The third-order valence-electron chi connectivity index (χ3n) is 4.39. The molecule has 0 aliphatic rings. The molecule has 136 valence electrons. The van der Waals surface area contributed by atoms with Crippen molar-refractivity contribution in [2.45, 2.75) is 33.0 Å². The lowest BCUT2D eigenvalue weighted by Gasteiger charge is -2.21. The molecule has 1 atom stereocenters. The molecule has 4 nitrogen and oxygen atoms in total. The predicted molar refractivity (Wildman–Crippen MR) is 90.9 cm³/mol. The summed E-state index contributed by atoms with van der Waals surface area (Å²) in [6.45, 7) is 5.08. The molecule has 3 rings (SSSR count). The topological polar surface area (TPSA) is 48.0 Å². The molecule has 2 heterocycles. The average molecular weight is 362 g/mol. The number of halogens is 3. The summed E-state index contributed by atoms with van der Waals surface area (Å²) in [5.74, 6) is 0.580. The molecule has 1 unspecified atom stereocenters. The molecule has 7 heteroatoms. The molecule has 0 aliphatic heterocycles. The molecule has 0 N–H and O–H groups in total. The zero-order chi connectivity index (χ0) is 19.1. The Labute approximate surface area is 147 Å². The van der Waals surface area contributed by atoms with Crippen LogP contribution in [0.4, 0.5) is 13.2 Å². The molecule has 26 heavy (non-hydrogen) atoms. The van der Waals surface area contributed by atoms with Crippen LogP contribution in [0.5, 0.6) is 0 Å². The molecule has 0 radical (unpaired) electrons. The van der Waals surface area contributed by atoms with Crippen LogP contribution < -0.4 is 5.56 Å². The molecule has 0 saturated heterocycles. The molecule has 2 aromatic heterocycles. The van der Waals surface area contributed by atoms with Crippen molar-refractivity contribution in [2.75, 3.05) is 0 Å². The highest BCUT2D eigenvalue weighted by Crippen LogP contribution is 2.35. The minimum absolute atomic E-state index is 0.0398. The number of benzene rings is 1. The summed E-state index contributed by atoms with van der Waals surface area (Å²) in [5.41, 5.74) is 0.952. The normalized spacial score (nSPS) is 13.0. The first-order chi connectivity index (χ1) is 12.2. The van der Waals surface area contributed by atoms with Gasteiger partial charge in [-0.15, -0.1) is 0 Å². The van der Waals surface area contributed by atoms with Gasteiger partial charge in [-0.3, -0.25) is 4.79 Å². The van der Waals surface area contributed by atoms with E-state index in [0.29, 0.717) is 17.0 Å². The van der Waals surface area contributed by atoms with Gasteiger partial charge in [0, 0.05) is 23.4 Å². The quantitative estimate of drug-likeness (QED) is 0.676. The van der Waals surface area contributed by atoms with E-state index < -0.39 is 17.8 Å². The molecule has 0 saturated carbocycles. The largest absolute Gasteiger partial charge is 0.416 e. The summed E-state index contributed by atoms with van der Waals surface area (Å²) in [6.07, 6.45) is -2.94. The highest BCUT2D eigenvalue weighted by atomic mass is 19.4. The number of rotatable bonds is 3. The molecular weight excluding hydrogens is 345 g/mol. The fourth-order valence-electron chi connectivity index (χ4n) is 3.12. The Bertz CT molecular complexity index is 983. The zero-order valence-corrected chi connectivity index (χ0v) is 14.5. The van der Waals surface area contributed by atoms with Crippen molar-refractivity contribution in [3.63, 3.8) is 0 Å². The predicted octanol–water partition coefficient (Wildman–Crippen LogP) is 4.75. The van der Waals surface area contributed by atoms with Crippen LogP contribution in [0.25, 0.3) is 11.1 Å². The van der Waals surface area contributed by atoms with Crippen molar-refractivity contribution in [3.05, 3.63) is 75.5 Å². The van der Waals surface area contributed by atoms with Gasteiger partial charge in [-0.05, 0) is 38.5 Å². The van der Waals surface area contributed by atoms with Gasteiger partial charge < -0.3 is 9.09 Å². The first-order valence-electron chi connectivity index (χ1n) is 8.01. The number of alkyl halides is 3. The molecule has 0 aliphatic carbocycles. The Morgan fingerprint density at radius 2 is 1.81 bits per heavy atom. The van der Waals surface area contributed by atoms with Gasteiger partial charge in [0.05, 0.1) is 17.3 Å². The van der Waals surface area contributed by atoms with Crippen LogP contribution in [0.1, 0.15) is 35.5 Å². The SMILES string of the molecule is Cc1noc(C)c1-c1ccc(=O)n(C(C)c2ccccc2C(F)(F)F)c1. The van der Waals surface area contributed by atoms with Gasteiger partial charge in [-0.25, -0.2) is 0 Å². The van der Waals surface area contributed by atoms with Gasteiger partial charge in [0.15, 0.2) is 0 Å². The van der Waals surface area contributed by atoms with Gasteiger partial charge in [0.2, 0.25) is 0 Å². The smallest absolute Gasteiger partial charge is 0.361 e. The Kier molecular flexibility index (Phi) is 4.48. The lowest BCUT2D eigenvalue weighted by atomic mass is 10.00. The van der Waals surface area contributed by atoms with E-state index >= 15 is 0 Å². The van der Waals surface area contributed by atoms with Crippen molar-refractivity contribution in [1.29, 1.82) is 0 Å². The van der Waals surface area contributed by atoms with Gasteiger partial charge in [0.25, 0.3) is 5.56 Å². The lowest BCUT2D eigenvalue weighted by Crippen LogP contribution is -2.24. The Morgan fingerprint density at radius 1 is 1.12 bits per heavy atom. The number of pyridine rings is 1. The van der Waals surface area contributed by atoms with Gasteiger partial charge in [-0.1, -0.05) is 23.4 Å². The summed E-state index contributed by atoms with van der Waals surface area (Å²) < 4.78 is 46.4. The summed E-state index contributed by atoms with van der Waals surface area (Å²) in [4.78, 5) is 12.3. The van der Waals surface area contributed by atoms with E-state index in [-0.39, 0.29) is 11.1 Å². The second-order valence-corrected chi connectivity index (χ2v) is 6.12. The first kappa shape index (κ1) is 18.0. The first-order valence-corrected chi connectivity index (χ1v) is 8.01. The summed E-state index contributed by atoms with van der Waals surface area (Å²) in [7, 11) is 0. The van der Waals surface area contributed by atoms with Crippen molar-refractivity contribution in [2.24, 2.45) is 0 Å². The molecule has 0 bridgehead atoms. The summed E-state index contributed by atoms with van der Waals surface area (Å²) >= 11 is 0. The maximum absolute atomic E-state index is 13.3. The fourth-order valence-corrected chi connectivity index (χ4v) is 3.12. The third-order valence-corrected chi connectivity index (χ3v) is 4.39. The number of hydrogen-bond acceptors (Lipinski definition) is 3. The van der Waals surface area contributed by atoms with Crippen LogP contribution in [-0.4, -0.2) is 9.72 Å². The van der Waals surface area contributed by atoms with Crippen LogP contribution in [0, 0.1) is 13.8 Å². The molecule has 1 aromatic carbocycles. The Morgan fingerprint density at radius 3 is 2.42 bits per heavy atom. The standard InChI is InChI=1S/C19H17F3N2O2/c1-11-18(13(3)26-23-11)14-8-9-17(25)24(10-14)12(2)15-6-4-5-7-16(15)19(20,21)22/h4-10,12H,1-3H3. The van der Waals surface area contributed by atoms with E-state index in [2.05, 4.69) is 5.16 Å². The molecule has 0 spiro atoms. The van der Waals surface area contributed by atoms with Crippen LogP contribution >= 0.6 is 0 Å². The number of nitrogens with zero attached hydrogens (tertiary/aromatic N) is 2. The van der Waals surface area contributed by atoms with E-state index in [0.717, 1.165) is 11.6 Å². The molecule has 0 fully saturated rings. The van der Waals surface area contributed by atoms with Gasteiger partial charge >= 0.3 is 6.18 Å². The zero-order valence-electron chi connectivity index (χ0n) is 14.5. The van der Waals surface area contributed by atoms with E-state index in [1.165, 1.54) is 28.8 Å². The van der Waals surface area contributed by atoms with E-state index in [1.54, 1.807) is 33.0 Å². The van der Waals surface area contributed by atoms with E-state index in [1.807, 2.05) is 0 Å². The maximum Gasteiger partial charge on any atom is 0.416 e. The Balaban J connectivity index is 2.14. The molecule has 3 aromatic rings. The van der Waals surface area contributed by atoms with Crippen LogP contribution in [0.3, 0.4) is 0 Å². The van der Waals surface area contributed by atoms with E-state index in [9.17, 15) is 18.0 Å². The highest BCUT2D eigenvalue weighted by Gasteiger charge is 2.34. The third kappa shape index (κ3) is 3.16. The summed E-state index contributed by atoms with van der Waals surface area (Å²) in [6, 6.07) is 7.45. The second-order valence-electron chi connectivity index (χ2n) is 6.12. The van der Waals surface area contributed by atoms with E-state index in [4.69, 9.17) is 4.52 Å². The molecule has 0 amide bonds. The van der Waals surface area contributed by atoms with Crippen LogP contribution in [-0.2, 0) is 6.18 Å². The monoisotopic (exact) mass is 362 g/mol.